The third-order valence-corrected chi connectivity index (χ3v) is 8.22. The molecule has 258 valence electrons. The lowest BCUT2D eigenvalue weighted by molar-refractivity contribution is -0.161. The fourth-order valence-electron chi connectivity index (χ4n) is 5.31. The highest BCUT2D eigenvalue weighted by atomic mass is 16.6. The molecule has 0 aromatic rings. The van der Waals surface area contributed by atoms with Crippen molar-refractivity contribution >= 4 is 11.9 Å². The van der Waals surface area contributed by atoms with Crippen LogP contribution in [0, 0.1) is 0 Å². The first-order chi connectivity index (χ1) is 21.6. The van der Waals surface area contributed by atoms with Crippen LogP contribution < -0.4 is 0 Å². The summed E-state index contributed by atoms with van der Waals surface area (Å²) in [5.41, 5.74) is 0. The predicted molar refractivity (Wildman–Crippen MR) is 187 cm³/mol. The van der Waals surface area contributed by atoms with Gasteiger partial charge in [-0.1, -0.05) is 141 Å². The van der Waals surface area contributed by atoms with Gasteiger partial charge in [-0.05, 0) is 64.2 Å². The van der Waals surface area contributed by atoms with Gasteiger partial charge in [-0.15, -0.1) is 0 Å². The Balaban J connectivity index is 3.58. The molecule has 1 N–H and O–H groups in total. The minimum atomic E-state index is -0.774. The van der Waals surface area contributed by atoms with Gasteiger partial charge in [0.1, 0.15) is 6.61 Å². The maximum Gasteiger partial charge on any atom is 0.306 e. The smallest absolute Gasteiger partial charge is 0.306 e. The molecule has 5 nitrogen and oxygen atoms in total. The van der Waals surface area contributed by atoms with E-state index in [1.807, 2.05) is 0 Å². The SMILES string of the molecule is CCCCCCCC/C=C\CCCCCCCC(=O)OC[C@@H](CO)OC(=O)CCCCCCC/C=C/CCCCCCCC. The second-order valence-corrected chi connectivity index (χ2v) is 12.6. The fraction of sp³-hybridized carbons (Fsp3) is 0.846. The Morgan fingerprint density at radius 2 is 0.841 bits per heavy atom. The molecule has 0 heterocycles. The Kier molecular flexibility index (Phi) is 34.5. The van der Waals surface area contributed by atoms with Gasteiger partial charge < -0.3 is 14.6 Å². The van der Waals surface area contributed by atoms with E-state index >= 15 is 0 Å². The van der Waals surface area contributed by atoms with Crippen LogP contribution in [0.3, 0.4) is 0 Å². The summed E-state index contributed by atoms with van der Waals surface area (Å²) < 4.78 is 10.6. The van der Waals surface area contributed by atoms with Gasteiger partial charge >= 0.3 is 11.9 Å². The number of aliphatic hydroxyl groups is 1. The van der Waals surface area contributed by atoms with Crippen LogP contribution in [0.15, 0.2) is 24.3 Å². The number of carbonyl (C=O) groups excluding carboxylic acids is 2. The summed E-state index contributed by atoms with van der Waals surface area (Å²) in [5, 5.41) is 9.53. The highest BCUT2D eigenvalue weighted by Gasteiger charge is 2.16. The largest absolute Gasteiger partial charge is 0.462 e. The molecule has 0 aliphatic heterocycles. The summed E-state index contributed by atoms with van der Waals surface area (Å²) >= 11 is 0. The number of allylic oxidation sites excluding steroid dienone is 4. The van der Waals surface area contributed by atoms with Gasteiger partial charge in [-0.25, -0.2) is 0 Å². The van der Waals surface area contributed by atoms with E-state index in [2.05, 4.69) is 38.2 Å². The molecule has 0 bridgehead atoms. The molecule has 0 aliphatic rings. The summed E-state index contributed by atoms with van der Waals surface area (Å²) in [4.78, 5) is 24.2. The summed E-state index contributed by atoms with van der Waals surface area (Å²) in [7, 11) is 0. The van der Waals surface area contributed by atoms with Crippen molar-refractivity contribution in [3.8, 4) is 0 Å². The van der Waals surface area contributed by atoms with Gasteiger partial charge in [0.2, 0.25) is 0 Å². The van der Waals surface area contributed by atoms with Crippen LogP contribution in [0.2, 0.25) is 0 Å². The van der Waals surface area contributed by atoms with Crippen LogP contribution in [0.4, 0.5) is 0 Å². The highest BCUT2D eigenvalue weighted by molar-refractivity contribution is 5.70. The number of aliphatic hydroxyl groups excluding tert-OH is 1. The molecule has 0 rings (SSSR count). The number of rotatable bonds is 34. The molecule has 0 spiro atoms. The van der Waals surface area contributed by atoms with Crippen LogP contribution in [0.5, 0.6) is 0 Å². The molecule has 0 aromatic heterocycles. The Bertz CT molecular complexity index is 671. The maximum absolute atomic E-state index is 12.1. The Hall–Kier alpha value is -1.62. The molecule has 0 unspecified atom stereocenters. The fourth-order valence-corrected chi connectivity index (χ4v) is 5.31. The van der Waals surface area contributed by atoms with E-state index in [0.29, 0.717) is 12.8 Å². The van der Waals surface area contributed by atoms with Crippen molar-refractivity contribution in [3.05, 3.63) is 24.3 Å². The van der Waals surface area contributed by atoms with Crippen molar-refractivity contribution in [2.24, 2.45) is 0 Å². The number of ether oxygens (including phenoxy) is 2. The van der Waals surface area contributed by atoms with E-state index in [-0.39, 0.29) is 25.2 Å². The van der Waals surface area contributed by atoms with Gasteiger partial charge in [0.25, 0.3) is 0 Å². The predicted octanol–water partition coefficient (Wildman–Crippen LogP) is 11.5. The second-order valence-electron chi connectivity index (χ2n) is 12.6. The number of hydrogen-bond acceptors (Lipinski definition) is 5. The molecule has 0 saturated heterocycles. The van der Waals surface area contributed by atoms with Gasteiger partial charge in [-0.3, -0.25) is 9.59 Å². The molecule has 44 heavy (non-hydrogen) atoms. The van der Waals surface area contributed by atoms with Gasteiger partial charge in [0.05, 0.1) is 6.61 Å². The van der Waals surface area contributed by atoms with Crippen molar-refractivity contribution in [1.29, 1.82) is 0 Å². The summed E-state index contributed by atoms with van der Waals surface area (Å²) in [6.45, 7) is 4.11. The van der Waals surface area contributed by atoms with Crippen LogP contribution in [0.25, 0.3) is 0 Å². The number of carbonyl (C=O) groups is 2. The molecular weight excluding hydrogens is 548 g/mol. The first kappa shape index (κ1) is 42.4. The van der Waals surface area contributed by atoms with Crippen LogP contribution >= 0.6 is 0 Å². The molecule has 0 aliphatic carbocycles. The third-order valence-electron chi connectivity index (χ3n) is 8.22. The van der Waals surface area contributed by atoms with Crippen molar-refractivity contribution in [2.75, 3.05) is 13.2 Å². The summed E-state index contributed by atoms with van der Waals surface area (Å²) in [6.07, 6.45) is 40.9. The van der Waals surface area contributed by atoms with Crippen molar-refractivity contribution < 1.29 is 24.2 Å². The van der Waals surface area contributed by atoms with Crippen molar-refractivity contribution in [3.63, 3.8) is 0 Å². The van der Waals surface area contributed by atoms with E-state index in [0.717, 1.165) is 51.4 Å². The zero-order chi connectivity index (χ0) is 32.2. The van der Waals surface area contributed by atoms with Gasteiger partial charge in [-0.2, -0.15) is 0 Å². The van der Waals surface area contributed by atoms with Crippen LogP contribution in [0.1, 0.15) is 194 Å². The Morgan fingerprint density at radius 3 is 1.23 bits per heavy atom. The number of hydrogen-bond donors (Lipinski definition) is 1. The molecule has 0 amide bonds. The van der Waals surface area contributed by atoms with E-state index < -0.39 is 6.10 Å². The zero-order valence-corrected chi connectivity index (χ0v) is 29.2. The molecule has 1 atom stereocenters. The summed E-state index contributed by atoms with van der Waals surface area (Å²) in [6, 6.07) is 0. The molecule has 5 heteroatoms. The quantitative estimate of drug-likeness (QED) is 0.0440. The Labute approximate surface area is 273 Å². The van der Waals surface area contributed by atoms with E-state index in [1.54, 1.807) is 0 Å². The molecule has 0 fully saturated rings. The number of esters is 2. The van der Waals surface area contributed by atoms with E-state index in [9.17, 15) is 14.7 Å². The highest BCUT2D eigenvalue weighted by Crippen LogP contribution is 2.12. The van der Waals surface area contributed by atoms with Crippen molar-refractivity contribution in [1.82, 2.24) is 0 Å². The van der Waals surface area contributed by atoms with Gasteiger partial charge in [0.15, 0.2) is 6.10 Å². The van der Waals surface area contributed by atoms with Crippen LogP contribution in [-0.2, 0) is 19.1 Å². The molecule has 0 saturated carbocycles. The van der Waals surface area contributed by atoms with Gasteiger partial charge in [0, 0.05) is 12.8 Å². The molecule has 0 radical (unpaired) electrons. The van der Waals surface area contributed by atoms with E-state index in [1.165, 1.54) is 116 Å². The lowest BCUT2D eigenvalue weighted by Gasteiger charge is -2.15. The zero-order valence-electron chi connectivity index (χ0n) is 29.2. The second kappa shape index (κ2) is 35.9. The normalized spacial score (nSPS) is 12.3. The van der Waals surface area contributed by atoms with Crippen LogP contribution in [-0.4, -0.2) is 36.4 Å². The lowest BCUT2D eigenvalue weighted by atomic mass is 10.1. The lowest BCUT2D eigenvalue weighted by Crippen LogP contribution is -2.28. The average molecular weight is 621 g/mol. The molecule has 0 aromatic carbocycles. The Morgan fingerprint density at radius 1 is 0.500 bits per heavy atom. The maximum atomic E-state index is 12.1. The first-order valence-electron chi connectivity index (χ1n) is 18.9. The standard InChI is InChI=1S/C39H72O5/c1-3-5-7-9-11-13-15-17-19-21-23-25-27-29-31-33-38(41)43-36-37(35-40)44-39(42)34-32-30-28-26-24-22-20-18-16-14-12-10-8-6-4-2/h17-20,37,40H,3-16,21-36H2,1-2H3/b19-17-,20-18+/t37-/m1/s1. The summed E-state index contributed by atoms with van der Waals surface area (Å²) in [5.74, 6) is -0.607. The minimum Gasteiger partial charge on any atom is -0.462 e. The monoisotopic (exact) mass is 621 g/mol. The topological polar surface area (TPSA) is 72.8 Å². The minimum absolute atomic E-state index is 0.0709. The molecular formula is C39H72O5. The van der Waals surface area contributed by atoms with Crippen molar-refractivity contribution in [2.45, 2.75) is 200 Å². The third kappa shape index (κ3) is 33.3. The average Bonchev–Trinajstić information content (AvgIpc) is 3.02. The van der Waals surface area contributed by atoms with E-state index in [4.69, 9.17) is 9.47 Å². The first-order valence-corrected chi connectivity index (χ1v) is 18.9. The number of unbranched alkanes of at least 4 members (excludes halogenated alkanes) is 22.